The molecule has 1 aromatic carbocycles. The minimum atomic E-state index is -0.769. The van der Waals surface area contributed by atoms with Gasteiger partial charge in [0.2, 0.25) is 11.7 Å². The van der Waals surface area contributed by atoms with Gasteiger partial charge in [-0.25, -0.2) is 4.39 Å². The van der Waals surface area contributed by atoms with Crippen LogP contribution in [-0.4, -0.2) is 24.3 Å². The highest BCUT2D eigenvalue weighted by atomic mass is 19.1. The van der Waals surface area contributed by atoms with Crippen LogP contribution in [0.2, 0.25) is 0 Å². The Morgan fingerprint density at radius 1 is 1.27 bits per heavy atom. The van der Waals surface area contributed by atoms with Gasteiger partial charge < -0.3 is 10.1 Å². The fourth-order valence-electron chi connectivity index (χ4n) is 1.72. The van der Waals surface area contributed by atoms with Gasteiger partial charge in [-0.1, -0.05) is 13.8 Å². The Balaban J connectivity index is 2.58. The van der Waals surface area contributed by atoms with Gasteiger partial charge >= 0.3 is 5.97 Å². The van der Waals surface area contributed by atoms with Crippen LogP contribution >= 0.6 is 0 Å². The van der Waals surface area contributed by atoms with Crippen molar-refractivity contribution in [1.82, 2.24) is 0 Å². The first kappa shape index (κ1) is 17.8. The van der Waals surface area contributed by atoms with Gasteiger partial charge in [-0.3, -0.25) is 14.4 Å². The maximum atomic E-state index is 13.8. The van der Waals surface area contributed by atoms with Crippen molar-refractivity contribution in [3.63, 3.8) is 0 Å². The van der Waals surface area contributed by atoms with Crippen molar-refractivity contribution in [1.29, 1.82) is 0 Å². The molecule has 0 aromatic heterocycles. The minimum absolute atomic E-state index is 0.175. The van der Waals surface area contributed by atoms with Crippen LogP contribution in [0.15, 0.2) is 18.2 Å². The molecule has 1 aromatic rings. The number of ketones is 1. The Morgan fingerprint density at radius 3 is 2.50 bits per heavy atom. The van der Waals surface area contributed by atoms with Crippen molar-refractivity contribution in [2.45, 2.75) is 33.6 Å². The van der Waals surface area contributed by atoms with E-state index in [1.807, 2.05) is 13.8 Å². The number of hydrogen-bond donors (Lipinski definition) is 1. The Kier molecular flexibility index (Phi) is 6.69. The van der Waals surface area contributed by atoms with Crippen LogP contribution in [0.3, 0.4) is 0 Å². The smallest absolute Gasteiger partial charge is 0.306 e. The largest absolute Gasteiger partial charge is 0.457 e. The predicted octanol–water partition coefficient (Wildman–Crippen LogP) is 2.95. The third-order valence-electron chi connectivity index (χ3n) is 2.88. The molecule has 0 saturated carbocycles. The van der Waals surface area contributed by atoms with E-state index in [4.69, 9.17) is 4.74 Å². The van der Waals surface area contributed by atoms with Crippen LogP contribution in [-0.2, 0) is 14.3 Å². The summed E-state index contributed by atoms with van der Waals surface area (Å²) in [6.45, 7) is 4.76. The minimum Gasteiger partial charge on any atom is -0.457 e. The fourth-order valence-corrected chi connectivity index (χ4v) is 1.72. The van der Waals surface area contributed by atoms with E-state index in [1.165, 1.54) is 19.1 Å². The molecule has 0 spiro atoms. The van der Waals surface area contributed by atoms with E-state index in [9.17, 15) is 18.8 Å². The zero-order valence-corrected chi connectivity index (χ0v) is 12.9. The van der Waals surface area contributed by atoms with E-state index in [1.54, 1.807) is 0 Å². The van der Waals surface area contributed by atoms with Gasteiger partial charge in [-0.05, 0) is 30.5 Å². The molecule has 0 heterocycles. The molecule has 1 amide bonds. The van der Waals surface area contributed by atoms with Crippen LogP contribution in [0.4, 0.5) is 10.1 Å². The van der Waals surface area contributed by atoms with Crippen molar-refractivity contribution in [2.24, 2.45) is 5.92 Å². The number of esters is 1. The Labute approximate surface area is 128 Å². The molecule has 0 aliphatic rings. The molecule has 1 rings (SSSR count). The fraction of sp³-hybridized carbons (Fsp3) is 0.438. The van der Waals surface area contributed by atoms with Crippen LogP contribution in [0.1, 0.15) is 44.0 Å². The molecule has 0 saturated heterocycles. The molecule has 0 atom stereocenters. The highest BCUT2D eigenvalue weighted by molar-refractivity contribution is 5.99. The SMILES string of the molecule is CC(=O)Nc1ccc(C(=O)COC(=O)CCC(C)C)c(F)c1. The zero-order chi connectivity index (χ0) is 16.7. The summed E-state index contributed by atoms with van der Waals surface area (Å²) >= 11 is 0. The molecule has 0 aliphatic carbocycles. The first-order valence-corrected chi connectivity index (χ1v) is 7.05. The van der Waals surface area contributed by atoms with Gasteiger partial charge in [0.1, 0.15) is 5.82 Å². The van der Waals surface area contributed by atoms with E-state index in [-0.39, 0.29) is 23.6 Å². The van der Waals surface area contributed by atoms with E-state index >= 15 is 0 Å². The van der Waals surface area contributed by atoms with Crippen molar-refractivity contribution in [3.05, 3.63) is 29.6 Å². The van der Waals surface area contributed by atoms with Gasteiger partial charge in [0.15, 0.2) is 6.61 Å². The molecular weight excluding hydrogens is 289 g/mol. The molecule has 120 valence electrons. The molecule has 0 unspecified atom stereocenters. The maximum absolute atomic E-state index is 13.8. The van der Waals surface area contributed by atoms with E-state index < -0.39 is 24.2 Å². The van der Waals surface area contributed by atoms with Gasteiger partial charge in [0.25, 0.3) is 0 Å². The monoisotopic (exact) mass is 309 g/mol. The molecule has 0 fully saturated rings. The van der Waals surface area contributed by atoms with Crippen molar-refractivity contribution in [2.75, 3.05) is 11.9 Å². The lowest BCUT2D eigenvalue weighted by Gasteiger charge is -2.08. The second-order valence-corrected chi connectivity index (χ2v) is 5.39. The molecule has 5 nitrogen and oxygen atoms in total. The topological polar surface area (TPSA) is 72.5 Å². The first-order chi connectivity index (χ1) is 10.3. The third kappa shape index (κ3) is 6.03. The number of Topliss-reactive ketones (excluding diaryl/α,β-unsaturated/α-hetero) is 1. The van der Waals surface area contributed by atoms with Crippen LogP contribution in [0.25, 0.3) is 0 Å². The maximum Gasteiger partial charge on any atom is 0.306 e. The Morgan fingerprint density at radius 2 is 1.95 bits per heavy atom. The number of rotatable bonds is 7. The average Bonchev–Trinajstić information content (AvgIpc) is 2.42. The summed E-state index contributed by atoms with van der Waals surface area (Å²) in [6.07, 6.45) is 0.904. The van der Waals surface area contributed by atoms with E-state index in [0.717, 1.165) is 6.07 Å². The number of nitrogens with one attached hydrogen (secondary N) is 1. The van der Waals surface area contributed by atoms with Crippen molar-refractivity contribution < 1.29 is 23.5 Å². The lowest BCUT2D eigenvalue weighted by Crippen LogP contribution is -2.16. The Bertz CT molecular complexity index is 569. The van der Waals surface area contributed by atoms with Crippen LogP contribution in [0.5, 0.6) is 0 Å². The van der Waals surface area contributed by atoms with Crippen LogP contribution < -0.4 is 5.32 Å². The second-order valence-electron chi connectivity index (χ2n) is 5.39. The van der Waals surface area contributed by atoms with Gasteiger partial charge in [0, 0.05) is 19.0 Å². The van der Waals surface area contributed by atoms with Crippen LogP contribution in [0, 0.1) is 11.7 Å². The molecule has 0 radical (unpaired) electrons. The lowest BCUT2D eigenvalue weighted by atomic mass is 10.1. The number of anilines is 1. The number of carbonyl (C=O) groups excluding carboxylic acids is 3. The summed E-state index contributed by atoms with van der Waals surface area (Å²) in [5, 5.41) is 2.41. The summed E-state index contributed by atoms with van der Waals surface area (Å²) in [6, 6.07) is 3.72. The normalized spacial score (nSPS) is 10.4. The van der Waals surface area contributed by atoms with Crippen molar-refractivity contribution in [3.8, 4) is 0 Å². The second kappa shape index (κ2) is 8.26. The number of ether oxygens (including phenoxy) is 1. The molecule has 1 N–H and O–H groups in total. The molecule has 0 aliphatic heterocycles. The van der Waals surface area contributed by atoms with Gasteiger partial charge in [-0.15, -0.1) is 0 Å². The summed E-state index contributed by atoms with van der Waals surface area (Å²) < 4.78 is 18.7. The number of hydrogen-bond acceptors (Lipinski definition) is 4. The lowest BCUT2D eigenvalue weighted by molar-refractivity contribution is -0.142. The number of carbonyl (C=O) groups is 3. The molecular formula is C16H20FNO4. The molecule has 22 heavy (non-hydrogen) atoms. The molecule has 6 heteroatoms. The quantitative estimate of drug-likeness (QED) is 0.621. The summed E-state index contributed by atoms with van der Waals surface area (Å²) in [5.74, 6) is -1.84. The van der Waals surface area contributed by atoms with E-state index in [0.29, 0.717) is 12.3 Å². The van der Waals surface area contributed by atoms with Gasteiger partial charge in [0.05, 0.1) is 5.56 Å². The van der Waals surface area contributed by atoms with Crippen molar-refractivity contribution >= 4 is 23.3 Å². The average molecular weight is 309 g/mol. The number of benzene rings is 1. The predicted molar refractivity (Wildman–Crippen MR) is 80.1 cm³/mol. The Hall–Kier alpha value is -2.24. The highest BCUT2D eigenvalue weighted by Crippen LogP contribution is 2.15. The summed E-state index contributed by atoms with van der Waals surface area (Å²) in [7, 11) is 0. The number of amides is 1. The number of halogens is 1. The first-order valence-electron chi connectivity index (χ1n) is 7.05. The zero-order valence-electron chi connectivity index (χ0n) is 12.9. The molecule has 0 bridgehead atoms. The van der Waals surface area contributed by atoms with E-state index in [2.05, 4.69) is 5.32 Å². The summed E-state index contributed by atoms with van der Waals surface area (Å²) in [5.41, 5.74) is 0.0845. The standard InChI is InChI=1S/C16H20FNO4/c1-10(2)4-7-16(21)22-9-15(20)13-6-5-12(8-14(13)17)18-11(3)19/h5-6,8,10H,4,7,9H2,1-3H3,(H,18,19). The summed E-state index contributed by atoms with van der Waals surface area (Å²) in [4.78, 5) is 34.1. The third-order valence-corrected chi connectivity index (χ3v) is 2.88. The van der Waals surface area contributed by atoms with Gasteiger partial charge in [-0.2, -0.15) is 0 Å². The highest BCUT2D eigenvalue weighted by Gasteiger charge is 2.15.